The molecular formula is C13H21N5O2S. The quantitative estimate of drug-likeness (QED) is 0.839. The molecule has 0 aliphatic carbocycles. The summed E-state index contributed by atoms with van der Waals surface area (Å²) in [5.74, 6) is 0.601. The molecule has 8 heteroatoms. The first kappa shape index (κ1) is 15.7. The summed E-state index contributed by atoms with van der Waals surface area (Å²) in [4.78, 5) is 0. The smallest absolute Gasteiger partial charge is 0.249 e. The minimum absolute atomic E-state index is 0.00898. The number of rotatable bonds is 5. The number of hydrogen-bond donors (Lipinski definition) is 0. The molecule has 0 radical (unpaired) electrons. The van der Waals surface area contributed by atoms with Crippen molar-refractivity contribution < 1.29 is 8.42 Å². The van der Waals surface area contributed by atoms with Gasteiger partial charge in [0.2, 0.25) is 15.0 Å². The molecule has 0 aromatic carbocycles. The van der Waals surface area contributed by atoms with Crippen LogP contribution in [-0.2, 0) is 22.6 Å². The molecule has 0 spiro atoms. The molecule has 21 heavy (non-hydrogen) atoms. The van der Waals surface area contributed by atoms with E-state index in [4.69, 9.17) is 0 Å². The molecule has 0 amide bonds. The second kappa shape index (κ2) is 5.59. The Labute approximate surface area is 124 Å². The average Bonchev–Trinajstić information content (AvgIpc) is 2.95. The summed E-state index contributed by atoms with van der Waals surface area (Å²) in [5, 5.41) is 12.1. The molecule has 2 rings (SSSR count). The Bertz CT molecular complexity index is 728. The van der Waals surface area contributed by atoms with Gasteiger partial charge in [-0.15, -0.1) is 10.2 Å². The zero-order valence-electron chi connectivity index (χ0n) is 13.0. The van der Waals surface area contributed by atoms with E-state index in [2.05, 4.69) is 15.3 Å². The van der Waals surface area contributed by atoms with Gasteiger partial charge in [-0.25, -0.2) is 8.42 Å². The van der Waals surface area contributed by atoms with Gasteiger partial charge in [0.05, 0.1) is 5.69 Å². The van der Waals surface area contributed by atoms with Crippen molar-refractivity contribution in [3.05, 3.63) is 23.8 Å². The summed E-state index contributed by atoms with van der Waals surface area (Å²) in [7, 11) is -1.88. The fourth-order valence-corrected chi connectivity index (χ4v) is 3.45. The monoisotopic (exact) mass is 311 g/mol. The van der Waals surface area contributed by atoms with Crippen LogP contribution in [0.25, 0.3) is 0 Å². The number of nitrogens with zero attached hydrogens (tertiary/aromatic N) is 5. The van der Waals surface area contributed by atoms with Crippen molar-refractivity contribution in [3.63, 3.8) is 0 Å². The standard InChI is InChI=1S/C13H21N5O2S/c1-9(2)12-14-15-13(17(12)5)21(19,20)8-11-6-7-18(16-11)10(3)4/h6-7,9-10H,8H2,1-5H3. The minimum atomic E-state index is -3.56. The Morgan fingerprint density at radius 3 is 2.33 bits per heavy atom. The fraction of sp³-hybridized carbons (Fsp3) is 0.615. The molecule has 2 heterocycles. The lowest BCUT2D eigenvalue weighted by Crippen LogP contribution is -2.13. The number of aromatic nitrogens is 5. The van der Waals surface area contributed by atoms with Gasteiger partial charge in [0.15, 0.2) is 0 Å². The van der Waals surface area contributed by atoms with Crippen LogP contribution in [0.2, 0.25) is 0 Å². The van der Waals surface area contributed by atoms with Gasteiger partial charge in [-0.1, -0.05) is 13.8 Å². The van der Waals surface area contributed by atoms with Crippen molar-refractivity contribution in [3.8, 4) is 0 Å². The van der Waals surface area contributed by atoms with E-state index < -0.39 is 9.84 Å². The number of sulfone groups is 1. The molecule has 0 bridgehead atoms. The van der Waals surface area contributed by atoms with Crippen LogP contribution < -0.4 is 0 Å². The van der Waals surface area contributed by atoms with Gasteiger partial charge in [-0.2, -0.15) is 5.10 Å². The van der Waals surface area contributed by atoms with Crippen LogP contribution in [0.5, 0.6) is 0 Å². The van der Waals surface area contributed by atoms with Crippen LogP contribution in [-0.4, -0.2) is 33.0 Å². The summed E-state index contributed by atoms with van der Waals surface area (Å²) in [6.45, 7) is 7.88. The van der Waals surface area contributed by atoms with Gasteiger partial charge in [0.25, 0.3) is 0 Å². The van der Waals surface area contributed by atoms with E-state index in [0.29, 0.717) is 11.5 Å². The second-order valence-corrected chi connectivity index (χ2v) is 7.58. The molecule has 0 aliphatic heterocycles. The van der Waals surface area contributed by atoms with E-state index in [0.717, 1.165) is 0 Å². The first-order valence-corrected chi connectivity index (χ1v) is 8.53. The van der Waals surface area contributed by atoms with Crippen LogP contribution in [0.4, 0.5) is 0 Å². The first-order chi connectivity index (χ1) is 9.72. The van der Waals surface area contributed by atoms with Crippen LogP contribution in [0.3, 0.4) is 0 Å². The van der Waals surface area contributed by atoms with Gasteiger partial charge >= 0.3 is 0 Å². The van der Waals surface area contributed by atoms with Crippen molar-refractivity contribution in [2.24, 2.45) is 7.05 Å². The lowest BCUT2D eigenvalue weighted by Gasteiger charge is -2.06. The van der Waals surface area contributed by atoms with Gasteiger partial charge in [-0.3, -0.25) is 4.68 Å². The maximum Gasteiger partial charge on any atom is 0.249 e. The zero-order chi connectivity index (χ0) is 15.8. The topological polar surface area (TPSA) is 82.7 Å². The van der Waals surface area contributed by atoms with E-state index in [1.807, 2.05) is 27.7 Å². The van der Waals surface area contributed by atoms with E-state index >= 15 is 0 Å². The van der Waals surface area contributed by atoms with Crippen molar-refractivity contribution in [2.75, 3.05) is 0 Å². The van der Waals surface area contributed by atoms with Crippen molar-refractivity contribution in [1.82, 2.24) is 24.5 Å². The average molecular weight is 311 g/mol. The predicted octanol–water partition coefficient (Wildman–Crippen LogP) is 1.69. The Morgan fingerprint density at radius 1 is 1.19 bits per heavy atom. The molecule has 7 nitrogen and oxygen atoms in total. The Morgan fingerprint density at radius 2 is 1.86 bits per heavy atom. The molecule has 0 unspecified atom stereocenters. The van der Waals surface area contributed by atoms with E-state index in [1.54, 1.807) is 28.6 Å². The van der Waals surface area contributed by atoms with Crippen LogP contribution in [0.1, 0.15) is 51.2 Å². The number of hydrogen-bond acceptors (Lipinski definition) is 5. The molecule has 116 valence electrons. The van der Waals surface area contributed by atoms with Gasteiger partial charge < -0.3 is 4.57 Å². The highest BCUT2D eigenvalue weighted by Gasteiger charge is 2.25. The normalized spacial score (nSPS) is 12.5. The molecule has 0 fully saturated rings. The molecule has 2 aromatic rings. The highest BCUT2D eigenvalue weighted by atomic mass is 32.2. The maximum atomic E-state index is 12.5. The lowest BCUT2D eigenvalue weighted by molar-refractivity contribution is 0.526. The fourth-order valence-electron chi connectivity index (χ4n) is 2.10. The summed E-state index contributed by atoms with van der Waals surface area (Å²) >= 11 is 0. The summed E-state index contributed by atoms with van der Waals surface area (Å²) < 4.78 is 28.2. The Kier molecular flexibility index (Phi) is 4.18. The Balaban J connectivity index is 2.30. The highest BCUT2D eigenvalue weighted by molar-refractivity contribution is 7.90. The van der Waals surface area contributed by atoms with Crippen LogP contribution >= 0.6 is 0 Å². The van der Waals surface area contributed by atoms with E-state index in [1.165, 1.54) is 0 Å². The van der Waals surface area contributed by atoms with Crippen molar-refractivity contribution in [1.29, 1.82) is 0 Å². The first-order valence-electron chi connectivity index (χ1n) is 6.88. The third kappa shape index (κ3) is 3.15. The molecular weight excluding hydrogens is 290 g/mol. The van der Waals surface area contributed by atoms with Crippen LogP contribution in [0, 0.1) is 0 Å². The highest BCUT2D eigenvalue weighted by Crippen LogP contribution is 2.18. The Hall–Kier alpha value is -1.70. The third-order valence-electron chi connectivity index (χ3n) is 3.19. The SMILES string of the molecule is CC(C)c1nnc(S(=O)(=O)Cc2ccn(C(C)C)n2)n1C. The predicted molar refractivity (Wildman–Crippen MR) is 78.6 cm³/mol. The maximum absolute atomic E-state index is 12.5. The van der Waals surface area contributed by atoms with Gasteiger partial charge in [-0.05, 0) is 19.9 Å². The minimum Gasteiger partial charge on any atom is -0.305 e. The van der Waals surface area contributed by atoms with Crippen molar-refractivity contribution >= 4 is 9.84 Å². The van der Waals surface area contributed by atoms with Gasteiger partial charge in [0.1, 0.15) is 11.6 Å². The molecule has 2 aromatic heterocycles. The molecule has 0 N–H and O–H groups in total. The second-order valence-electron chi connectivity index (χ2n) is 5.69. The summed E-state index contributed by atoms with van der Waals surface area (Å²) in [6.07, 6.45) is 1.78. The molecule has 0 aliphatic rings. The third-order valence-corrected chi connectivity index (χ3v) is 4.78. The van der Waals surface area contributed by atoms with Gasteiger partial charge in [0, 0.05) is 25.2 Å². The van der Waals surface area contributed by atoms with Crippen molar-refractivity contribution in [2.45, 2.75) is 50.6 Å². The van der Waals surface area contributed by atoms with Crippen LogP contribution in [0.15, 0.2) is 17.4 Å². The largest absolute Gasteiger partial charge is 0.305 e. The summed E-state index contributed by atoms with van der Waals surface area (Å²) in [5.41, 5.74) is 0.512. The molecule has 0 atom stereocenters. The van der Waals surface area contributed by atoms with E-state index in [9.17, 15) is 8.42 Å². The van der Waals surface area contributed by atoms with E-state index in [-0.39, 0.29) is 22.9 Å². The molecule has 0 saturated carbocycles. The summed E-state index contributed by atoms with van der Waals surface area (Å²) in [6, 6.07) is 1.92. The lowest BCUT2D eigenvalue weighted by atomic mass is 10.2. The molecule has 0 saturated heterocycles. The zero-order valence-corrected chi connectivity index (χ0v) is 13.8.